The number of rotatable bonds is 8. The predicted molar refractivity (Wildman–Crippen MR) is 70.2 cm³/mol. The molecule has 0 fully saturated rings. The molecule has 0 heterocycles. The monoisotopic (exact) mass is 265 g/mol. The van der Waals surface area contributed by atoms with E-state index in [0.29, 0.717) is 12.3 Å². The van der Waals surface area contributed by atoms with Crippen molar-refractivity contribution < 1.29 is 14.7 Å². The highest BCUT2D eigenvalue weighted by Crippen LogP contribution is 2.06. The molecule has 0 aromatic heterocycles. The van der Waals surface area contributed by atoms with E-state index < -0.39 is 5.97 Å². The molecule has 1 N–H and O–H groups in total. The summed E-state index contributed by atoms with van der Waals surface area (Å²) in [6.07, 6.45) is 2.80. The van der Waals surface area contributed by atoms with Crippen LogP contribution in [0.3, 0.4) is 0 Å². The van der Waals surface area contributed by atoms with E-state index in [0.717, 1.165) is 12.2 Å². The molecule has 0 rings (SSSR count). The fraction of sp³-hybridized carbons (Fsp3) is 0.800. The number of carbonyl (C=O) groups excluding carboxylic acids is 1. The number of thioether (sulfide) groups is 1. The highest BCUT2D eigenvalue weighted by atomic mass is 32.2. The Morgan fingerprint density at radius 1 is 1.50 bits per heavy atom. The molecule has 0 aliphatic carbocycles. The van der Waals surface area contributed by atoms with Crippen molar-refractivity contribution in [3.63, 3.8) is 0 Å². The van der Waals surface area contributed by atoms with E-state index in [1.54, 1.807) is 18.7 Å². The number of nitrogens with zero attached hydrogens (tertiary/aromatic N) is 1. The molecule has 0 bridgehead atoms. The molecule has 0 saturated heterocycles. The summed E-state index contributed by atoms with van der Waals surface area (Å²) >= 11 is 5.74. The quantitative estimate of drug-likeness (QED) is 0.512. The van der Waals surface area contributed by atoms with Crippen LogP contribution < -0.4 is 0 Å². The second kappa shape index (κ2) is 8.75. The van der Waals surface area contributed by atoms with Crippen LogP contribution in [-0.2, 0) is 9.59 Å². The fourth-order valence-electron chi connectivity index (χ4n) is 1.22. The van der Waals surface area contributed by atoms with Crippen molar-refractivity contribution in [2.24, 2.45) is 5.92 Å². The smallest absolute Gasteiger partial charge is 0.323 e. The van der Waals surface area contributed by atoms with Gasteiger partial charge in [0.25, 0.3) is 0 Å². The van der Waals surface area contributed by atoms with Gasteiger partial charge in [0.05, 0.1) is 0 Å². The van der Waals surface area contributed by atoms with Crippen molar-refractivity contribution in [2.45, 2.75) is 13.3 Å². The number of carboxylic acid groups (broad SMARTS) is 1. The average Bonchev–Trinajstić information content (AvgIpc) is 2.25. The Hall–Kier alpha value is -0.360. The molecule has 0 radical (unpaired) electrons. The highest BCUT2D eigenvalue weighted by Gasteiger charge is 2.20. The van der Waals surface area contributed by atoms with Crippen LogP contribution in [0.1, 0.15) is 13.3 Å². The van der Waals surface area contributed by atoms with E-state index in [4.69, 9.17) is 5.11 Å². The van der Waals surface area contributed by atoms with Gasteiger partial charge in [0.15, 0.2) is 0 Å². The normalized spacial score (nSPS) is 12.2. The van der Waals surface area contributed by atoms with Crippen molar-refractivity contribution in [1.29, 1.82) is 0 Å². The molecule has 0 aliphatic heterocycles. The van der Waals surface area contributed by atoms with Crippen LogP contribution in [0, 0.1) is 5.92 Å². The van der Waals surface area contributed by atoms with Crippen LogP contribution in [0.2, 0.25) is 0 Å². The van der Waals surface area contributed by atoms with Gasteiger partial charge in [-0.1, -0.05) is 6.92 Å². The highest BCUT2D eigenvalue weighted by molar-refractivity contribution is 7.98. The molecular formula is C10H19NO3S2. The molecule has 1 unspecified atom stereocenters. The lowest BCUT2D eigenvalue weighted by atomic mass is 10.2. The molecule has 1 atom stereocenters. The minimum Gasteiger partial charge on any atom is -0.480 e. The Morgan fingerprint density at radius 3 is 2.56 bits per heavy atom. The van der Waals surface area contributed by atoms with E-state index in [1.165, 1.54) is 4.90 Å². The number of carboxylic acids is 1. The number of hydrogen-bond donors (Lipinski definition) is 2. The average molecular weight is 265 g/mol. The fourth-order valence-corrected chi connectivity index (χ4v) is 1.79. The topological polar surface area (TPSA) is 57.6 Å². The second-order valence-corrected chi connectivity index (χ2v) is 4.93. The first-order valence-corrected chi connectivity index (χ1v) is 7.16. The van der Waals surface area contributed by atoms with Crippen LogP contribution in [0.5, 0.6) is 0 Å². The van der Waals surface area contributed by atoms with Crippen molar-refractivity contribution in [2.75, 3.05) is 30.9 Å². The molecule has 0 aromatic rings. The van der Waals surface area contributed by atoms with Crippen LogP contribution in [-0.4, -0.2) is 52.7 Å². The maximum atomic E-state index is 11.8. The maximum Gasteiger partial charge on any atom is 0.323 e. The molecule has 16 heavy (non-hydrogen) atoms. The summed E-state index contributed by atoms with van der Waals surface area (Å²) in [5, 5.41) is 8.73. The van der Waals surface area contributed by atoms with Crippen molar-refractivity contribution in [3.05, 3.63) is 0 Å². The van der Waals surface area contributed by atoms with Crippen molar-refractivity contribution in [1.82, 2.24) is 4.90 Å². The zero-order valence-electron chi connectivity index (χ0n) is 9.68. The summed E-state index contributed by atoms with van der Waals surface area (Å²) in [5.41, 5.74) is 0. The van der Waals surface area contributed by atoms with Crippen molar-refractivity contribution in [3.8, 4) is 0 Å². The molecule has 94 valence electrons. The van der Waals surface area contributed by atoms with Gasteiger partial charge in [0, 0.05) is 18.2 Å². The van der Waals surface area contributed by atoms with E-state index in [9.17, 15) is 9.59 Å². The first-order valence-electron chi connectivity index (χ1n) is 5.13. The van der Waals surface area contributed by atoms with Crippen LogP contribution >= 0.6 is 24.4 Å². The summed E-state index contributed by atoms with van der Waals surface area (Å²) in [7, 11) is 0. The predicted octanol–water partition coefficient (Wildman–Crippen LogP) is 1.22. The Kier molecular flexibility index (Phi) is 8.56. The first-order chi connectivity index (χ1) is 7.52. The number of carbonyl (C=O) groups is 2. The molecule has 0 aromatic carbocycles. The molecule has 0 spiro atoms. The standard InChI is InChI=1S/C10H19NO3S2/c1-8(7-15)10(14)11(6-9(12)13)4-3-5-16-2/h8,15H,3-7H2,1-2H3,(H,12,13). The minimum atomic E-state index is -0.969. The minimum absolute atomic E-state index is 0.126. The van der Waals surface area contributed by atoms with E-state index in [-0.39, 0.29) is 18.4 Å². The SMILES string of the molecule is CSCCCN(CC(=O)O)C(=O)C(C)CS. The van der Waals surface area contributed by atoms with E-state index in [2.05, 4.69) is 12.6 Å². The van der Waals surface area contributed by atoms with Crippen molar-refractivity contribution >= 4 is 36.3 Å². The van der Waals surface area contributed by atoms with Gasteiger partial charge < -0.3 is 10.0 Å². The number of thiol groups is 1. The van der Waals surface area contributed by atoms with Gasteiger partial charge in [-0.3, -0.25) is 9.59 Å². The maximum absolute atomic E-state index is 11.8. The molecule has 0 saturated carbocycles. The van der Waals surface area contributed by atoms with Gasteiger partial charge in [-0.15, -0.1) is 0 Å². The number of amides is 1. The lowest BCUT2D eigenvalue weighted by Crippen LogP contribution is -2.40. The largest absolute Gasteiger partial charge is 0.480 e. The lowest BCUT2D eigenvalue weighted by molar-refractivity contribution is -0.145. The first kappa shape index (κ1) is 15.6. The zero-order chi connectivity index (χ0) is 12.6. The molecule has 6 heteroatoms. The van der Waals surface area contributed by atoms with Gasteiger partial charge in [0.1, 0.15) is 6.54 Å². The van der Waals surface area contributed by atoms with Gasteiger partial charge in [0.2, 0.25) is 5.91 Å². The lowest BCUT2D eigenvalue weighted by Gasteiger charge is -2.23. The third-order valence-corrected chi connectivity index (χ3v) is 3.35. The van der Waals surface area contributed by atoms with Crippen LogP contribution in [0.25, 0.3) is 0 Å². The second-order valence-electron chi connectivity index (χ2n) is 3.58. The Bertz CT molecular complexity index is 236. The summed E-state index contributed by atoms with van der Waals surface area (Å²) < 4.78 is 0. The van der Waals surface area contributed by atoms with Gasteiger partial charge in [-0.05, 0) is 18.4 Å². The molecule has 1 amide bonds. The summed E-state index contributed by atoms with van der Waals surface area (Å²) in [4.78, 5) is 23.9. The van der Waals surface area contributed by atoms with Gasteiger partial charge in [-0.2, -0.15) is 24.4 Å². The Balaban J connectivity index is 4.28. The third kappa shape index (κ3) is 6.27. The molecule has 0 aliphatic rings. The number of aliphatic carboxylic acids is 1. The summed E-state index contributed by atoms with van der Waals surface area (Å²) in [6, 6.07) is 0. The summed E-state index contributed by atoms with van der Waals surface area (Å²) in [6.45, 7) is 2.05. The van der Waals surface area contributed by atoms with Gasteiger partial charge >= 0.3 is 5.97 Å². The third-order valence-electron chi connectivity index (χ3n) is 2.11. The number of hydrogen-bond acceptors (Lipinski definition) is 4. The van der Waals surface area contributed by atoms with Crippen LogP contribution in [0.4, 0.5) is 0 Å². The zero-order valence-corrected chi connectivity index (χ0v) is 11.4. The van der Waals surface area contributed by atoms with E-state index >= 15 is 0 Å². The van der Waals surface area contributed by atoms with Crippen LogP contribution in [0.15, 0.2) is 0 Å². The Labute approximate surface area is 106 Å². The van der Waals surface area contributed by atoms with E-state index in [1.807, 2.05) is 6.26 Å². The molecule has 4 nitrogen and oxygen atoms in total. The van der Waals surface area contributed by atoms with Gasteiger partial charge in [-0.25, -0.2) is 0 Å². The molecular weight excluding hydrogens is 246 g/mol. The summed E-state index contributed by atoms with van der Waals surface area (Å²) in [5.74, 6) is 0.0511. The Morgan fingerprint density at radius 2 is 2.12 bits per heavy atom.